The Kier molecular flexibility index (Phi) is 9.30. The Balaban J connectivity index is 1.89. The Morgan fingerprint density at radius 3 is 2.68 bits per heavy atom. The quantitative estimate of drug-likeness (QED) is 0.392. The van der Waals surface area contributed by atoms with Crippen LogP contribution < -0.4 is 5.73 Å². The number of nitrogens with zero attached hydrogens (tertiary/aromatic N) is 2. The number of carbonyl (C=O) groups is 2. The van der Waals surface area contributed by atoms with Gasteiger partial charge in [-0.05, 0) is 43.8 Å². The number of ketones is 1. The fourth-order valence-electron chi connectivity index (χ4n) is 5.04. The van der Waals surface area contributed by atoms with Crippen molar-refractivity contribution in [1.82, 2.24) is 4.98 Å². The van der Waals surface area contributed by atoms with Gasteiger partial charge in [-0.25, -0.2) is 4.98 Å². The summed E-state index contributed by atoms with van der Waals surface area (Å²) in [7, 11) is 0. The monoisotopic (exact) mass is 533 g/mol. The minimum absolute atomic E-state index is 0.188. The maximum absolute atomic E-state index is 13.2. The van der Waals surface area contributed by atoms with Crippen molar-refractivity contribution in [3.63, 3.8) is 0 Å². The molecule has 10 heteroatoms. The lowest BCUT2D eigenvalue weighted by molar-refractivity contribution is -0.154. The van der Waals surface area contributed by atoms with Gasteiger partial charge in [0.2, 0.25) is 0 Å². The lowest BCUT2D eigenvalue weighted by atomic mass is 9.73. The Hall–Kier alpha value is -2.16. The van der Waals surface area contributed by atoms with Crippen molar-refractivity contribution in [3.05, 3.63) is 21.7 Å². The van der Waals surface area contributed by atoms with E-state index in [1.54, 1.807) is 20.8 Å². The molecule has 0 saturated carbocycles. The summed E-state index contributed by atoms with van der Waals surface area (Å²) in [6, 6.07) is 2.28. The number of esters is 1. The molecule has 0 amide bonds. The second-order valence-electron chi connectivity index (χ2n) is 11.0. The zero-order valence-electron chi connectivity index (χ0n) is 22.3. The van der Waals surface area contributed by atoms with E-state index in [4.69, 9.17) is 15.2 Å². The van der Waals surface area contributed by atoms with Gasteiger partial charge in [0, 0.05) is 24.3 Å². The van der Waals surface area contributed by atoms with E-state index in [0.717, 1.165) is 10.6 Å². The van der Waals surface area contributed by atoms with Crippen molar-refractivity contribution >= 4 is 29.2 Å². The van der Waals surface area contributed by atoms with Gasteiger partial charge in [-0.15, -0.1) is 11.3 Å². The molecule has 37 heavy (non-hydrogen) atoms. The number of hydrogen-bond acceptors (Lipinski definition) is 10. The minimum atomic E-state index is -1.30. The molecule has 7 unspecified atom stereocenters. The van der Waals surface area contributed by atoms with E-state index in [-0.39, 0.29) is 24.5 Å². The second kappa shape index (κ2) is 11.7. The van der Waals surface area contributed by atoms with E-state index in [2.05, 4.69) is 11.1 Å². The predicted molar refractivity (Wildman–Crippen MR) is 139 cm³/mol. The van der Waals surface area contributed by atoms with Crippen molar-refractivity contribution in [3.8, 4) is 6.07 Å². The molecule has 4 N–H and O–H groups in total. The van der Waals surface area contributed by atoms with Crippen LogP contribution in [-0.2, 0) is 25.6 Å². The highest BCUT2D eigenvalue weighted by Crippen LogP contribution is 2.45. The smallest absolute Gasteiger partial charge is 0.309 e. The Bertz CT molecular complexity index is 1060. The number of epoxide rings is 1. The number of Topliss-reactive ketones (excluding diaryl/α,β-unsaturated/α-hetero) is 1. The van der Waals surface area contributed by atoms with E-state index < -0.39 is 47.3 Å². The molecule has 2 fully saturated rings. The standard InChI is InChI=1S/C27H39N3O6S/c1-15-7-6-8-27(14-29)21(36-27)10-19(16(2)9-18-13-37-22(12-28)30-18)35-23(32)11-20(31)26(4,5)25(34)17(3)24(15)33/h9,13,15,17,19-21,24,31,33H,6-8,10-12,28H2,1-5H3. The van der Waals surface area contributed by atoms with Crippen molar-refractivity contribution in [2.24, 2.45) is 23.0 Å². The molecule has 0 bridgehead atoms. The maximum Gasteiger partial charge on any atom is 0.309 e. The van der Waals surface area contributed by atoms with Gasteiger partial charge in [-0.2, -0.15) is 5.26 Å². The third-order valence-electron chi connectivity index (χ3n) is 7.88. The molecule has 2 saturated heterocycles. The average Bonchev–Trinajstić information content (AvgIpc) is 3.34. The number of rotatable bonds is 3. The number of carbonyl (C=O) groups excluding carboxylic acids is 2. The predicted octanol–water partition coefficient (Wildman–Crippen LogP) is 3.13. The molecular formula is C27H39N3O6S. The highest BCUT2D eigenvalue weighted by molar-refractivity contribution is 7.09. The minimum Gasteiger partial charge on any atom is -0.458 e. The number of hydrogen-bond donors (Lipinski definition) is 3. The van der Waals surface area contributed by atoms with Gasteiger partial charge in [-0.1, -0.05) is 27.7 Å². The first-order valence-electron chi connectivity index (χ1n) is 12.9. The molecule has 7 atom stereocenters. The molecular weight excluding hydrogens is 494 g/mol. The SMILES string of the molecule is CC(=Cc1csc(CN)n1)C1CC2OC2(C#N)CCCC(C)C(O)C(C)C(=O)C(C)(C)C(O)CC(=O)O1. The van der Waals surface area contributed by atoms with Gasteiger partial charge in [0.25, 0.3) is 0 Å². The molecule has 3 heterocycles. The largest absolute Gasteiger partial charge is 0.458 e. The van der Waals surface area contributed by atoms with Crippen molar-refractivity contribution in [2.75, 3.05) is 0 Å². The van der Waals surface area contributed by atoms with E-state index >= 15 is 0 Å². The first-order valence-corrected chi connectivity index (χ1v) is 13.7. The van der Waals surface area contributed by atoms with Crippen LogP contribution in [0.15, 0.2) is 11.0 Å². The molecule has 0 radical (unpaired) electrons. The number of aliphatic hydroxyl groups excluding tert-OH is 2. The second-order valence-corrected chi connectivity index (χ2v) is 12.0. The normalized spacial score (nSPS) is 35.8. The third-order valence-corrected chi connectivity index (χ3v) is 8.77. The number of aromatic nitrogens is 1. The van der Waals surface area contributed by atoms with Gasteiger partial charge in [0.1, 0.15) is 29.1 Å². The van der Waals surface area contributed by atoms with Crippen molar-refractivity contribution in [1.29, 1.82) is 5.26 Å². The van der Waals surface area contributed by atoms with E-state index in [0.29, 0.717) is 31.5 Å². The van der Waals surface area contributed by atoms with E-state index in [1.807, 2.05) is 25.3 Å². The number of nitriles is 1. The fourth-order valence-corrected chi connectivity index (χ4v) is 5.67. The van der Waals surface area contributed by atoms with Gasteiger partial charge in [0.05, 0.1) is 29.7 Å². The Morgan fingerprint density at radius 1 is 1.35 bits per heavy atom. The number of aliphatic hydroxyl groups is 2. The summed E-state index contributed by atoms with van der Waals surface area (Å²) in [5.41, 5.74) is 4.86. The molecule has 2 aliphatic rings. The number of cyclic esters (lactones) is 1. The molecule has 1 aromatic heterocycles. The van der Waals surface area contributed by atoms with Crippen LogP contribution >= 0.6 is 11.3 Å². The number of fused-ring (bicyclic) bond motifs is 1. The van der Waals surface area contributed by atoms with Crippen LogP contribution in [0.4, 0.5) is 0 Å². The zero-order chi connectivity index (χ0) is 27.5. The van der Waals surface area contributed by atoms with Gasteiger partial charge in [-0.3, -0.25) is 9.59 Å². The molecule has 0 aliphatic carbocycles. The van der Waals surface area contributed by atoms with Crippen LogP contribution in [0.25, 0.3) is 6.08 Å². The summed E-state index contributed by atoms with van der Waals surface area (Å²) >= 11 is 1.44. The van der Waals surface area contributed by atoms with Gasteiger partial charge < -0.3 is 25.4 Å². The first kappa shape index (κ1) is 29.4. The molecule has 9 nitrogen and oxygen atoms in total. The Labute approximate surface area is 222 Å². The van der Waals surface area contributed by atoms with Crippen molar-refractivity contribution < 1.29 is 29.3 Å². The summed E-state index contributed by atoms with van der Waals surface area (Å²) in [5.74, 6) is -1.89. The summed E-state index contributed by atoms with van der Waals surface area (Å²) in [4.78, 5) is 30.6. The highest BCUT2D eigenvalue weighted by Gasteiger charge is 2.57. The molecule has 204 valence electrons. The Morgan fingerprint density at radius 2 is 2.05 bits per heavy atom. The van der Waals surface area contributed by atoms with Crippen LogP contribution in [0.2, 0.25) is 0 Å². The average molecular weight is 534 g/mol. The molecule has 0 aromatic carbocycles. The van der Waals surface area contributed by atoms with Crippen LogP contribution in [0.1, 0.15) is 77.4 Å². The fraction of sp³-hybridized carbons (Fsp3) is 0.704. The van der Waals surface area contributed by atoms with Gasteiger partial charge in [0.15, 0.2) is 5.60 Å². The van der Waals surface area contributed by atoms with Crippen LogP contribution in [0.3, 0.4) is 0 Å². The third kappa shape index (κ3) is 6.65. The lowest BCUT2D eigenvalue weighted by Crippen LogP contribution is -2.45. The molecule has 3 rings (SSSR count). The molecule has 0 spiro atoms. The summed E-state index contributed by atoms with van der Waals surface area (Å²) in [6.07, 6.45) is 0.128. The lowest BCUT2D eigenvalue weighted by Gasteiger charge is -2.34. The molecule has 1 aromatic rings. The van der Waals surface area contributed by atoms with E-state index in [1.165, 1.54) is 11.3 Å². The van der Waals surface area contributed by atoms with E-state index in [9.17, 15) is 25.1 Å². The zero-order valence-corrected chi connectivity index (χ0v) is 23.1. The summed E-state index contributed by atoms with van der Waals surface area (Å²) in [6.45, 7) is 8.85. The number of nitrogens with two attached hydrogens (primary N) is 1. The highest BCUT2D eigenvalue weighted by atomic mass is 32.1. The van der Waals surface area contributed by atoms with Crippen LogP contribution in [0.5, 0.6) is 0 Å². The summed E-state index contributed by atoms with van der Waals surface area (Å²) < 4.78 is 11.6. The van der Waals surface area contributed by atoms with Gasteiger partial charge >= 0.3 is 5.97 Å². The number of thiazole rings is 1. The van der Waals surface area contributed by atoms with Crippen LogP contribution in [-0.4, -0.2) is 57.0 Å². The first-order chi connectivity index (χ1) is 17.3. The topological polar surface area (TPSA) is 159 Å². The van der Waals surface area contributed by atoms with Crippen LogP contribution in [0, 0.1) is 28.6 Å². The summed E-state index contributed by atoms with van der Waals surface area (Å²) in [5, 5.41) is 34.2. The maximum atomic E-state index is 13.2. The number of ether oxygens (including phenoxy) is 2. The molecule has 2 aliphatic heterocycles. The van der Waals surface area contributed by atoms with Crippen molar-refractivity contribution in [2.45, 2.75) is 103 Å².